The largest absolute Gasteiger partial charge is 0.478 e. The lowest BCUT2D eigenvalue weighted by molar-refractivity contribution is 0.0696. The van der Waals surface area contributed by atoms with Crippen LogP contribution in [0.25, 0.3) is 0 Å². The molecular formula is C21H21NO2. The van der Waals surface area contributed by atoms with Gasteiger partial charge in [0, 0.05) is 5.69 Å². The Morgan fingerprint density at radius 2 is 1.83 bits per heavy atom. The van der Waals surface area contributed by atoms with E-state index in [2.05, 4.69) is 35.6 Å². The fraction of sp³-hybridized carbons (Fsp3) is 0.381. The Balaban J connectivity index is 1.64. The maximum atomic E-state index is 11.4. The number of aromatic carboxylic acids is 1. The van der Waals surface area contributed by atoms with Crippen LogP contribution in [0.5, 0.6) is 0 Å². The highest BCUT2D eigenvalue weighted by molar-refractivity contribution is 5.88. The number of carbonyl (C=O) groups is 1. The van der Waals surface area contributed by atoms with Gasteiger partial charge in [0.05, 0.1) is 11.6 Å². The molecule has 24 heavy (non-hydrogen) atoms. The second kappa shape index (κ2) is 5.10. The van der Waals surface area contributed by atoms with Gasteiger partial charge in [-0.05, 0) is 72.3 Å². The maximum absolute atomic E-state index is 11.4. The smallest absolute Gasteiger partial charge is 0.335 e. The quantitative estimate of drug-likeness (QED) is 0.845. The first-order valence-electron chi connectivity index (χ1n) is 8.91. The lowest BCUT2D eigenvalue weighted by Crippen LogP contribution is -2.35. The van der Waals surface area contributed by atoms with Crippen molar-refractivity contribution in [2.75, 3.05) is 5.32 Å². The molecule has 0 radical (unpaired) electrons. The topological polar surface area (TPSA) is 49.3 Å². The molecule has 2 fully saturated rings. The third kappa shape index (κ3) is 1.94. The summed E-state index contributed by atoms with van der Waals surface area (Å²) in [7, 11) is 0. The zero-order valence-electron chi connectivity index (χ0n) is 13.5. The Bertz CT molecular complexity index is 801. The molecule has 5 atom stereocenters. The average Bonchev–Trinajstić information content (AvgIpc) is 3.23. The van der Waals surface area contributed by atoms with Gasteiger partial charge >= 0.3 is 5.97 Å². The van der Waals surface area contributed by atoms with Gasteiger partial charge in [0.2, 0.25) is 0 Å². The summed E-state index contributed by atoms with van der Waals surface area (Å²) in [6.07, 6.45) is 3.92. The molecule has 3 heteroatoms. The minimum atomic E-state index is -0.831. The molecule has 2 saturated carbocycles. The van der Waals surface area contributed by atoms with E-state index in [4.69, 9.17) is 0 Å². The summed E-state index contributed by atoms with van der Waals surface area (Å²) in [6.45, 7) is 0. The molecule has 2 bridgehead atoms. The average molecular weight is 319 g/mol. The van der Waals surface area contributed by atoms with Gasteiger partial charge in [0.1, 0.15) is 0 Å². The predicted molar refractivity (Wildman–Crippen MR) is 93.3 cm³/mol. The number of carboxylic acids is 1. The molecule has 3 aliphatic rings. The molecule has 0 aromatic heterocycles. The number of fused-ring (bicyclic) bond motifs is 7. The van der Waals surface area contributed by atoms with Gasteiger partial charge in [-0.2, -0.15) is 0 Å². The number of nitrogens with one attached hydrogen (secondary N) is 1. The number of rotatable bonds is 2. The molecule has 2 aromatic rings. The predicted octanol–water partition coefficient (Wildman–Crippen LogP) is 4.68. The summed E-state index contributed by atoms with van der Waals surface area (Å²) in [6, 6.07) is 16.7. The van der Waals surface area contributed by atoms with Crippen molar-refractivity contribution in [2.24, 2.45) is 17.8 Å². The van der Waals surface area contributed by atoms with Crippen molar-refractivity contribution in [2.45, 2.75) is 31.2 Å². The standard InChI is InChI=1S/C21H21NO2/c23-21(24)15-8-9-17-16(11-15)18-13-6-7-14(10-13)19(18)20(22-17)12-4-2-1-3-5-12/h1-5,8-9,11,13-14,18-20,22H,6-7,10H2,(H,23,24)/t13-,14+,18-,19-,20-/m0/s1. The van der Waals surface area contributed by atoms with Crippen LogP contribution >= 0.6 is 0 Å². The molecule has 0 saturated heterocycles. The van der Waals surface area contributed by atoms with E-state index >= 15 is 0 Å². The molecule has 1 aliphatic heterocycles. The fourth-order valence-electron chi connectivity index (χ4n) is 5.61. The SMILES string of the molecule is O=C(O)c1ccc2c(c1)[C@@H]1[C@H]3CC[C@H](C3)[C@@H]1[C@H](c1ccccc1)N2. The van der Waals surface area contributed by atoms with Gasteiger partial charge in [-0.3, -0.25) is 0 Å². The first-order valence-corrected chi connectivity index (χ1v) is 8.91. The van der Waals surface area contributed by atoms with Gasteiger partial charge in [-0.25, -0.2) is 4.79 Å². The Kier molecular flexibility index (Phi) is 2.99. The van der Waals surface area contributed by atoms with Gasteiger partial charge in [-0.1, -0.05) is 30.3 Å². The highest BCUT2D eigenvalue weighted by atomic mass is 16.4. The van der Waals surface area contributed by atoms with E-state index in [0.29, 0.717) is 23.4 Å². The number of anilines is 1. The molecule has 2 N–H and O–H groups in total. The van der Waals surface area contributed by atoms with Crippen molar-refractivity contribution >= 4 is 11.7 Å². The van der Waals surface area contributed by atoms with E-state index in [-0.39, 0.29) is 0 Å². The molecule has 2 aliphatic carbocycles. The second-order valence-corrected chi connectivity index (χ2v) is 7.58. The van der Waals surface area contributed by atoms with Crippen LogP contribution in [0.1, 0.15) is 52.7 Å². The Morgan fingerprint density at radius 1 is 1.04 bits per heavy atom. The van der Waals surface area contributed by atoms with E-state index in [0.717, 1.165) is 17.5 Å². The van der Waals surface area contributed by atoms with Gasteiger partial charge in [0.25, 0.3) is 0 Å². The zero-order chi connectivity index (χ0) is 16.3. The van der Waals surface area contributed by atoms with E-state index in [1.807, 2.05) is 12.1 Å². The summed E-state index contributed by atoms with van der Waals surface area (Å²) in [4.78, 5) is 11.4. The summed E-state index contributed by atoms with van der Waals surface area (Å²) in [5.74, 6) is 1.74. The van der Waals surface area contributed by atoms with Crippen LogP contribution in [0.15, 0.2) is 48.5 Å². The summed E-state index contributed by atoms with van der Waals surface area (Å²) >= 11 is 0. The first kappa shape index (κ1) is 14.1. The number of benzene rings is 2. The van der Waals surface area contributed by atoms with Gasteiger partial charge in [0.15, 0.2) is 0 Å². The van der Waals surface area contributed by atoms with Crippen LogP contribution < -0.4 is 5.32 Å². The van der Waals surface area contributed by atoms with Crippen LogP contribution in [0, 0.1) is 17.8 Å². The molecule has 1 heterocycles. The van der Waals surface area contributed by atoms with Crippen LogP contribution in [0.2, 0.25) is 0 Å². The van der Waals surface area contributed by atoms with Crippen molar-refractivity contribution in [3.05, 3.63) is 65.2 Å². The Morgan fingerprint density at radius 3 is 2.62 bits per heavy atom. The van der Waals surface area contributed by atoms with Crippen molar-refractivity contribution in [3.63, 3.8) is 0 Å². The van der Waals surface area contributed by atoms with E-state index in [9.17, 15) is 9.90 Å². The number of hydrogen-bond acceptors (Lipinski definition) is 2. The third-order valence-electron chi connectivity index (χ3n) is 6.49. The van der Waals surface area contributed by atoms with Crippen LogP contribution in [-0.2, 0) is 0 Å². The molecule has 122 valence electrons. The number of carboxylic acid groups (broad SMARTS) is 1. The van der Waals surface area contributed by atoms with Crippen molar-refractivity contribution in [1.29, 1.82) is 0 Å². The highest BCUT2D eigenvalue weighted by Gasteiger charge is 2.53. The Hall–Kier alpha value is -2.29. The second-order valence-electron chi connectivity index (χ2n) is 7.58. The molecule has 0 unspecified atom stereocenters. The normalized spacial score (nSPS) is 32.8. The maximum Gasteiger partial charge on any atom is 0.335 e. The Labute approximate surface area is 141 Å². The molecule has 3 nitrogen and oxygen atoms in total. The molecule has 0 spiro atoms. The molecule has 5 rings (SSSR count). The van der Waals surface area contributed by atoms with E-state index in [1.54, 1.807) is 6.07 Å². The van der Waals surface area contributed by atoms with Crippen molar-refractivity contribution < 1.29 is 9.90 Å². The number of hydrogen-bond donors (Lipinski definition) is 2. The summed E-state index contributed by atoms with van der Waals surface area (Å²) in [5.41, 5.74) is 4.13. The minimum Gasteiger partial charge on any atom is -0.478 e. The summed E-state index contributed by atoms with van der Waals surface area (Å²) in [5, 5.41) is 13.1. The molecule has 0 amide bonds. The van der Waals surface area contributed by atoms with Gasteiger partial charge < -0.3 is 10.4 Å². The third-order valence-corrected chi connectivity index (χ3v) is 6.49. The van der Waals surface area contributed by atoms with Crippen LogP contribution in [-0.4, -0.2) is 11.1 Å². The minimum absolute atomic E-state index is 0.342. The van der Waals surface area contributed by atoms with Gasteiger partial charge in [-0.15, -0.1) is 0 Å². The van der Waals surface area contributed by atoms with Crippen LogP contribution in [0.4, 0.5) is 5.69 Å². The van der Waals surface area contributed by atoms with Crippen molar-refractivity contribution in [3.8, 4) is 0 Å². The van der Waals surface area contributed by atoms with Crippen molar-refractivity contribution in [1.82, 2.24) is 0 Å². The highest BCUT2D eigenvalue weighted by Crippen LogP contribution is 2.63. The monoisotopic (exact) mass is 319 g/mol. The van der Waals surface area contributed by atoms with Crippen LogP contribution in [0.3, 0.4) is 0 Å². The van der Waals surface area contributed by atoms with E-state index in [1.165, 1.54) is 30.4 Å². The lowest BCUT2D eigenvalue weighted by atomic mass is 9.68. The zero-order valence-corrected chi connectivity index (χ0v) is 13.5. The first-order chi connectivity index (χ1) is 11.7. The molecule has 2 aromatic carbocycles. The fourth-order valence-corrected chi connectivity index (χ4v) is 5.61. The van der Waals surface area contributed by atoms with E-state index < -0.39 is 5.97 Å². The summed E-state index contributed by atoms with van der Waals surface area (Å²) < 4.78 is 0. The lowest BCUT2D eigenvalue weighted by Gasteiger charge is -2.43. The molecular weight excluding hydrogens is 298 g/mol.